The summed E-state index contributed by atoms with van der Waals surface area (Å²) < 4.78 is 5.28. The third-order valence-corrected chi connectivity index (χ3v) is 2.74. The van der Waals surface area contributed by atoms with Gasteiger partial charge in [-0.15, -0.1) is 0 Å². The van der Waals surface area contributed by atoms with E-state index < -0.39 is 0 Å². The fraction of sp³-hybridized carbons (Fsp3) is 0.636. The Morgan fingerprint density at radius 3 is 3.06 bits per heavy atom. The first kappa shape index (κ1) is 12.1. The Morgan fingerprint density at radius 1 is 1.47 bits per heavy atom. The van der Waals surface area contributed by atoms with Crippen LogP contribution in [-0.2, 0) is 4.74 Å². The lowest BCUT2D eigenvalue weighted by Crippen LogP contribution is -2.37. The largest absolute Gasteiger partial charge is 0.379 e. The Morgan fingerprint density at radius 2 is 2.29 bits per heavy atom. The van der Waals surface area contributed by atoms with Crippen LogP contribution in [0.4, 0.5) is 5.82 Å². The molecular formula is C11H18N4O2. The molecule has 0 atom stereocenters. The molecule has 1 aromatic rings. The average Bonchev–Trinajstić information content (AvgIpc) is 2.36. The number of aromatic amines is 1. The summed E-state index contributed by atoms with van der Waals surface area (Å²) in [5.41, 5.74) is -0.129. The molecular weight excluding hydrogens is 220 g/mol. The Labute approximate surface area is 100 Å². The second-order valence-electron chi connectivity index (χ2n) is 4.03. The van der Waals surface area contributed by atoms with Gasteiger partial charge in [0.25, 0.3) is 5.56 Å². The van der Waals surface area contributed by atoms with Crippen molar-refractivity contribution in [1.29, 1.82) is 0 Å². The minimum atomic E-state index is -0.129. The van der Waals surface area contributed by atoms with Gasteiger partial charge in [-0.1, -0.05) is 0 Å². The van der Waals surface area contributed by atoms with Gasteiger partial charge >= 0.3 is 0 Å². The summed E-state index contributed by atoms with van der Waals surface area (Å²) in [4.78, 5) is 19.9. The lowest BCUT2D eigenvalue weighted by Gasteiger charge is -2.26. The number of aromatic nitrogens is 2. The van der Waals surface area contributed by atoms with E-state index in [9.17, 15) is 4.79 Å². The molecule has 0 aliphatic carbocycles. The summed E-state index contributed by atoms with van der Waals surface area (Å²) >= 11 is 0. The highest BCUT2D eigenvalue weighted by Crippen LogP contribution is 1.99. The van der Waals surface area contributed by atoms with Gasteiger partial charge < -0.3 is 15.0 Å². The number of nitrogens with one attached hydrogen (secondary N) is 2. The average molecular weight is 238 g/mol. The van der Waals surface area contributed by atoms with Crippen LogP contribution in [0.1, 0.15) is 6.42 Å². The first-order valence-electron chi connectivity index (χ1n) is 5.93. The summed E-state index contributed by atoms with van der Waals surface area (Å²) in [5.74, 6) is 0.635. The topological polar surface area (TPSA) is 70.2 Å². The Balaban J connectivity index is 1.64. The van der Waals surface area contributed by atoms with E-state index >= 15 is 0 Å². The molecule has 6 nitrogen and oxygen atoms in total. The molecule has 1 aliphatic rings. The van der Waals surface area contributed by atoms with Gasteiger partial charge in [-0.05, 0) is 13.0 Å². The number of morpholine rings is 1. The second kappa shape index (κ2) is 6.36. The first-order chi connectivity index (χ1) is 8.34. The fourth-order valence-corrected chi connectivity index (χ4v) is 1.81. The van der Waals surface area contributed by atoms with Crippen LogP contribution >= 0.6 is 0 Å². The van der Waals surface area contributed by atoms with Gasteiger partial charge in [-0.3, -0.25) is 9.69 Å². The number of hydrogen-bond donors (Lipinski definition) is 2. The van der Waals surface area contributed by atoms with Gasteiger partial charge in [0, 0.05) is 25.7 Å². The lowest BCUT2D eigenvalue weighted by atomic mass is 10.3. The standard InChI is InChI=1S/C11H18N4O2/c16-11-8-10(13-9-14-11)12-2-1-3-15-4-6-17-7-5-15/h8-9H,1-7H2,(H2,12,13,14,16). The molecule has 1 aliphatic heterocycles. The monoisotopic (exact) mass is 238 g/mol. The van der Waals surface area contributed by atoms with Crippen LogP contribution in [0, 0.1) is 0 Å². The van der Waals surface area contributed by atoms with Crippen LogP contribution < -0.4 is 10.9 Å². The minimum absolute atomic E-state index is 0.129. The molecule has 0 radical (unpaired) electrons. The van der Waals surface area contributed by atoms with Crippen molar-refractivity contribution in [1.82, 2.24) is 14.9 Å². The van der Waals surface area contributed by atoms with Crippen molar-refractivity contribution in [2.45, 2.75) is 6.42 Å². The molecule has 0 spiro atoms. The van der Waals surface area contributed by atoms with E-state index in [0.29, 0.717) is 5.82 Å². The molecule has 94 valence electrons. The zero-order chi connectivity index (χ0) is 11.9. The predicted octanol–water partition coefficient (Wildman–Crippen LogP) is -0.0959. The molecule has 0 amide bonds. The molecule has 17 heavy (non-hydrogen) atoms. The lowest BCUT2D eigenvalue weighted by molar-refractivity contribution is 0.0378. The van der Waals surface area contributed by atoms with Crippen LogP contribution in [0.5, 0.6) is 0 Å². The molecule has 2 heterocycles. The number of hydrogen-bond acceptors (Lipinski definition) is 5. The van der Waals surface area contributed by atoms with Crippen molar-refractivity contribution in [2.75, 3.05) is 44.7 Å². The summed E-state index contributed by atoms with van der Waals surface area (Å²) in [6.45, 7) is 5.59. The van der Waals surface area contributed by atoms with E-state index in [-0.39, 0.29) is 5.56 Å². The van der Waals surface area contributed by atoms with Crippen molar-refractivity contribution < 1.29 is 4.74 Å². The maximum atomic E-state index is 11.0. The third-order valence-electron chi connectivity index (χ3n) is 2.74. The van der Waals surface area contributed by atoms with Gasteiger partial charge in [0.1, 0.15) is 5.82 Å². The van der Waals surface area contributed by atoms with Gasteiger partial charge in [0.2, 0.25) is 0 Å². The molecule has 0 saturated carbocycles. The van der Waals surface area contributed by atoms with E-state index in [1.165, 1.54) is 12.4 Å². The van der Waals surface area contributed by atoms with Gasteiger partial charge in [-0.2, -0.15) is 0 Å². The molecule has 1 aromatic heterocycles. The SMILES string of the molecule is O=c1cc(NCCCN2CCOCC2)nc[nH]1. The summed E-state index contributed by atoms with van der Waals surface area (Å²) in [7, 11) is 0. The highest BCUT2D eigenvalue weighted by atomic mass is 16.5. The second-order valence-corrected chi connectivity index (χ2v) is 4.03. The normalized spacial score (nSPS) is 16.9. The fourth-order valence-electron chi connectivity index (χ4n) is 1.81. The van der Waals surface area contributed by atoms with E-state index in [1.54, 1.807) is 0 Å². The van der Waals surface area contributed by atoms with E-state index in [2.05, 4.69) is 20.2 Å². The number of ether oxygens (including phenoxy) is 1. The first-order valence-corrected chi connectivity index (χ1v) is 5.93. The van der Waals surface area contributed by atoms with Crippen molar-refractivity contribution in [2.24, 2.45) is 0 Å². The zero-order valence-corrected chi connectivity index (χ0v) is 9.82. The molecule has 1 saturated heterocycles. The van der Waals surface area contributed by atoms with Gasteiger partial charge in [0.05, 0.1) is 19.5 Å². The molecule has 6 heteroatoms. The van der Waals surface area contributed by atoms with E-state index in [0.717, 1.165) is 45.8 Å². The zero-order valence-electron chi connectivity index (χ0n) is 9.82. The van der Waals surface area contributed by atoms with Crippen LogP contribution in [-0.4, -0.2) is 54.3 Å². The van der Waals surface area contributed by atoms with Crippen molar-refractivity contribution >= 4 is 5.82 Å². The maximum absolute atomic E-state index is 11.0. The van der Waals surface area contributed by atoms with Gasteiger partial charge in [-0.25, -0.2) is 4.98 Å². The van der Waals surface area contributed by atoms with E-state index in [4.69, 9.17) is 4.74 Å². The number of rotatable bonds is 5. The quantitative estimate of drug-likeness (QED) is 0.701. The van der Waals surface area contributed by atoms with Crippen LogP contribution in [0.2, 0.25) is 0 Å². The smallest absolute Gasteiger partial charge is 0.252 e. The van der Waals surface area contributed by atoms with Crippen molar-refractivity contribution in [3.05, 3.63) is 22.7 Å². The predicted molar refractivity (Wildman–Crippen MR) is 65.2 cm³/mol. The molecule has 0 unspecified atom stereocenters. The van der Waals surface area contributed by atoms with Crippen LogP contribution in [0.25, 0.3) is 0 Å². The maximum Gasteiger partial charge on any atom is 0.252 e. The molecule has 1 fully saturated rings. The molecule has 2 N–H and O–H groups in total. The highest BCUT2D eigenvalue weighted by molar-refractivity contribution is 5.31. The van der Waals surface area contributed by atoms with Crippen LogP contribution in [0.15, 0.2) is 17.2 Å². The number of H-pyrrole nitrogens is 1. The van der Waals surface area contributed by atoms with Crippen molar-refractivity contribution in [3.63, 3.8) is 0 Å². The Hall–Kier alpha value is -1.40. The Bertz CT molecular complexity index is 387. The van der Waals surface area contributed by atoms with Gasteiger partial charge in [0.15, 0.2) is 0 Å². The molecule has 0 aromatic carbocycles. The summed E-state index contributed by atoms with van der Waals surface area (Å²) in [6, 6.07) is 1.47. The summed E-state index contributed by atoms with van der Waals surface area (Å²) in [5, 5.41) is 3.14. The highest BCUT2D eigenvalue weighted by Gasteiger charge is 2.08. The summed E-state index contributed by atoms with van der Waals surface area (Å²) in [6.07, 6.45) is 2.45. The number of anilines is 1. The molecule has 2 rings (SSSR count). The van der Waals surface area contributed by atoms with E-state index in [1.807, 2.05) is 0 Å². The third kappa shape index (κ3) is 4.16. The van der Waals surface area contributed by atoms with Crippen molar-refractivity contribution in [3.8, 4) is 0 Å². The van der Waals surface area contributed by atoms with Crippen LogP contribution in [0.3, 0.4) is 0 Å². The Kier molecular flexibility index (Phi) is 4.52. The minimum Gasteiger partial charge on any atom is -0.379 e. The molecule has 0 bridgehead atoms. The number of nitrogens with zero attached hydrogens (tertiary/aromatic N) is 2.